The second-order valence-electron chi connectivity index (χ2n) is 6.66. The van der Waals surface area contributed by atoms with Crippen LogP contribution in [0.1, 0.15) is 35.8 Å². The summed E-state index contributed by atoms with van der Waals surface area (Å²) in [5.74, 6) is 0.885. The molecule has 3 nitrogen and oxygen atoms in total. The van der Waals surface area contributed by atoms with Crippen molar-refractivity contribution < 1.29 is 14.2 Å². The highest BCUT2D eigenvalue weighted by Crippen LogP contribution is 2.41. The maximum absolute atomic E-state index is 5.80. The second-order valence-corrected chi connectivity index (χ2v) is 6.66. The van der Waals surface area contributed by atoms with Crippen molar-refractivity contribution in [2.24, 2.45) is 0 Å². The Morgan fingerprint density at radius 1 is 0.840 bits per heavy atom. The summed E-state index contributed by atoms with van der Waals surface area (Å²) in [4.78, 5) is 0. The number of fused-ring (bicyclic) bond motifs is 5. The van der Waals surface area contributed by atoms with E-state index in [-0.39, 0.29) is 0 Å². The molecule has 4 rings (SSSR count). The van der Waals surface area contributed by atoms with Gasteiger partial charge in [-0.05, 0) is 59.0 Å². The fourth-order valence-electron chi connectivity index (χ4n) is 4.24. The average molecular weight is 336 g/mol. The zero-order valence-corrected chi connectivity index (χ0v) is 15.1. The minimum atomic E-state index is -0.410. The molecule has 0 aliphatic heterocycles. The van der Waals surface area contributed by atoms with Crippen molar-refractivity contribution in [3.63, 3.8) is 0 Å². The van der Waals surface area contributed by atoms with Crippen molar-refractivity contribution in [2.75, 3.05) is 21.3 Å². The molecule has 0 spiro atoms. The van der Waals surface area contributed by atoms with Crippen molar-refractivity contribution in [1.82, 2.24) is 0 Å². The van der Waals surface area contributed by atoms with E-state index in [4.69, 9.17) is 14.2 Å². The van der Waals surface area contributed by atoms with Crippen LogP contribution < -0.4 is 4.74 Å². The van der Waals surface area contributed by atoms with Gasteiger partial charge in [-0.2, -0.15) is 0 Å². The zero-order chi connectivity index (χ0) is 17.4. The van der Waals surface area contributed by atoms with Gasteiger partial charge in [-0.25, -0.2) is 0 Å². The average Bonchev–Trinajstić information content (AvgIpc) is 2.68. The summed E-state index contributed by atoms with van der Waals surface area (Å²) in [6.07, 6.45) is 4.48. The predicted octanol–water partition coefficient (Wildman–Crippen LogP) is 5.17. The molecule has 25 heavy (non-hydrogen) atoms. The second kappa shape index (κ2) is 6.66. The molecule has 0 atom stereocenters. The summed E-state index contributed by atoms with van der Waals surface area (Å²) in [5.41, 5.74) is 3.98. The molecule has 0 bridgehead atoms. The van der Waals surface area contributed by atoms with Crippen molar-refractivity contribution in [3.8, 4) is 5.75 Å². The van der Waals surface area contributed by atoms with Gasteiger partial charge in [0.15, 0.2) is 6.29 Å². The molecule has 3 aromatic rings. The minimum Gasteiger partial charge on any atom is -0.496 e. The molecule has 3 aromatic carbocycles. The van der Waals surface area contributed by atoms with Crippen LogP contribution in [0, 0.1) is 0 Å². The van der Waals surface area contributed by atoms with E-state index in [2.05, 4.69) is 30.3 Å². The summed E-state index contributed by atoms with van der Waals surface area (Å²) in [6.45, 7) is 0. The third-order valence-electron chi connectivity index (χ3n) is 5.39. The molecular weight excluding hydrogens is 312 g/mol. The molecule has 0 unspecified atom stereocenters. The smallest absolute Gasteiger partial charge is 0.183 e. The number of ether oxygens (including phenoxy) is 3. The van der Waals surface area contributed by atoms with Crippen LogP contribution in [0.15, 0.2) is 36.4 Å². The van der Waals surface area contributed by atoms with Gasteiger partial charge in [-0.3, -0.25) is 0 Å². The van der Waals surface area contributed by atoms with Crippen LogP contribution in [0.3, 0.4) is 0 Å². The summed E-state index contributed by atoms with van der Waals surface area (Å²) in [5, 5.41) is 4.87. The minimum absolute atomic E-state index is 0.410. The highest BCUT2D eigenvalue weighted by molar-refractivity contribution is 6.12. The highest BCUT2D eigenvalue weighted by atomic mass is 16.7. The quantitative estimate of drug-likeness (QED) is 0.486. The Labute approximate surface area is 148 Å². The lowest BCUT2D eigenvalue weighted by atomic mass is 9.86. The van der Waals surface area contributed by atoms with Gasteiger partial charge in [0.1, 0.15) is 5.75 Å². The molecule has 0 aromatic heterocycles. The summed E-state index contributed by atoms with van der Waals surface area (Å²) >= 11 is 0. The van der Waals surface area contributed by atoms with Crippen LogP contribution in [0.25, 0.3) is 21.5 Å². The zero-order valence-electron chi connectivity index (χ0n) is 15.1. The van der Waals surface area contributed by atoms with E-state index >= 15 is 0 Å². The molecule has 0 radical (unpaired) electrons. The number of hydrogen-bond acceptors (Lipinski definition) is 3. The van der Waals surface area contributed by atoms with Crippen LogP contribution in [0.2, 0.25) is 0 Å². The fraction of sp³-hybridized carbons (Fsp3) is 0.364. The van der Waals surface area contributed by atoms with Crippen molar-refractivity contribution in [1.29, 1.82) is 0 Å². The largest absolute Gasteiger partial charge is 0.496 e. The van der Waals surface area contributed by atoms with Gasteiger partial charge < -0.3 is 14.2 Å². The topological polar surface area (TPSA) is 27.7 Å². The molecule has 1 aliphatic rings. The van der Waals surface area contributed by atoms with Gasteiger partial charge >= 0.3 is 0 Å². The van der Waals surface area contributed by atoms with Crippen molar-refractivity contribution in [3.05, 3.63) is 53.1 Å². The number of benzene rings is 3. The fourth-order valence-corrected chi connectivity index (χ4v) is 4.24. The van der Waals surface area contributed by atoms with Crippen LogP contribution in [0.5, 0.6) is 5.75 Å². The predicted molar refractivity (Wildman–Crippen MR) is 101 cm³/mol. The van der Waals surface area contributed by atoms with Gasteiger partial charge in [-0.15, -0.1) is 0 Å². The van der Waals surface area contributed by atoms with E-state index < -0.39 is 6.29 Å². The van der Waals surface area contributed by atoms with E-state index in [0.29, 0.717) is 0 Å². The van der Waals surface area contributed by atoms with E-state index in [0.717, 1.165) is 23.1 Å². The van der Waals surface area contributed by atoms with Gasteiger partial charge in [0.05, 0.1) is 7.11 Å². The lowest BCUT2D eigenvalue weighted by Crippen LogP contribution is -2.06. The van der Waals surface area contributed by atoms with Gasteiger partial charge in [0.2, 0.25) is 0 Å². The summed E-state index contributed by atoms with van der Waals surface area (Å²) in [6, 6.07) is 13.1. The van der Waals surface area contributed by atoms with E-state index in [1.165, 1.54) is 46.5 Å². The van der Waals surface area contributed by atoms with E-state index in [9.17, 15) is 0 Å². The first-order valence-corrected chi connectivity index (χ1v) is 8.88. The van der Waals surface area contributed by atoms with Crippen LogP contribution in [0.4, 0.5) is 0 Å². The van der Waals surface area contributed by atoms with E-state index in [1.54, 1.807) is 21.3 Å². The Hall–Kier alpha value is -2.10. The van der Waals surface area contributed by atoms with Gasteiger partial charge in [0, 0.05) is 25.2 Å². The number of rotatable bonds is 4. The third kappa shape index (κ3) is 2.59. The normalized spacial score (nSPS) is 14.2. The van der Waals surface area contributed by atoms with Crippen LogP contribution >= 0.6 is 0 Å². The molecule has 0 saturated heterocycles. The molecule has 0 saturated carbocycles. The Morgan fingerprint density at radius 3 is 2.40 bits per heavy atom. The first kappa shape index (κ1) is 16.4. The molecule has 0 heterocycles. The van der Waals surface area contributed by atoms with Gasteiger partial charge in [0.25, 0.3) is 0 Å². The molecule has 3 heteroatoms. The molecule has 0 amide bonds. The number of methoxy groups -OCH3 is 3. The van der Waals surface area contributed by atoms with E-state index in [1.807, 2.05) is 6.07 Å². The first-order valence-electron chi connectivity index (χ1n) is 8.88. The Morgan fingerprint density at radius 2 is 1.64 bits per heavy atom. The summed E-state index contributed by atoms with van der Waals surface area (Å²) in [7, 11) is 5.06. The molecule has 0 fully saturated rings. The lowest BCUT2D eigenvalue weighted by Gasteiger charge is -2.22. The Bertz CT molecular complexity index is 926. The molecule has 0 N–H and O–H groups in total. The van der Waals surface area contributed by atoms with Crippen LogP contribution in [-0.2, 0) is 22.3 Å². The molecule has 130 valence electrons. The molecular formula is C22H24O3. The SMILES string of the molecule is COc1cc2c3c(ccc2c2cccc(C(OC)OC)c12)CCCC3. The third-order valence-corrected chi connectivity index (χ3v) is 5.39. The van der Waals surface area contributed by atoms with Crippen molar-refractivity contribution >= 4 is 21.5 Å². The first-order chi connectivity index (χ1) is 12.3. The van der Waals surface area contributed by atoms with Gasteiger partial charge in [-0.1, -0.05) is 30.3 Å². The number of hydrogen-bond donors (Lipinski definition) is 0. The Kier molecular flexibility index (Phi) is 4.36. The lowest BCUT2D eigenvalue weighted by molar-refractivity contribution is -0.105. The highest BCUT2D eigenvalue weighted by Gasteiger charge is 2.20. The monoisotopic (exact) mass is 336 g/mol. The maximum atomic E-state index is 5.80. The summed E-state index contributed by atoms with van der Waals surface area (Å²) < 4.78 is 16.8. The standard InChI is InChI=1S/C22H24O3/c1-23-20-13-19-15-8-5-4-7-14(15)11-12-16(19)17-9-6-10-18(21(17)20)22(24-2)25-3/h6,9-13,22H,4-5,7-8H2,1-3H3. The maximum Gasteiger partial charge on any atom is 0.183 e. The number of aryl methyl sites for hydroxylation is 2. The van der Waals surface area contributed by atoms with Crippen molar-refractivity contribution in [2.45, 2.75) is 32.0 Å². The molecule has 1 aliphatic carbocycles. The Balaban J connectivity index is 2.10. The van der Waals surface area contributed by atoms with Crippen LogP contribution in [-0.4, -0.2) is 21.3 Å².